The number of amides is 1. The Hall–Kier alpha value is -1.59. The van der Waals surface area contributed by atoms with E-state index in [4.69, 9.17) is 27.9 Å². The smallest absolute Gasteiger partial charge is 0.220 e. The van der Waals surface area contributed by atoms with Crippen molar-refractivity contribution >= 4 is 29.1 Å². The summed E-state index contributed by atoms with van der Waals surface area (Å²) in [5, 5.41) is 4.17. The Bertz CT molecular complexity index is 759. The van der Waals surface area contributed by atoms with E-state index < -0.39 is 0 Å². The Morgan fingerprint density at radius 2 is 1.74 bits per heavy atom. The van der Waals surface area contributed by atoms with Gasteiger partial charge in [-0.05, 0) is 35.2 Å². The molecule has 1 fully saturated rings. The molecule has 0 spiro atoms. The maximum atomic E-state index is 12.1. The molecule has 1 heterocycles. The van der Waals surface area contributed by atoms with Crippen molar-refractivity contribution in [3.05, 3.63) is 69.2 Å². The first-order chi connectivity index (χ1) is 13.1. The lowest BCUT2D eigenvalue weighted by atomic mass is 10.1. The van der Waals surface area contributed by atoms with E-state index in [1.165, 1.54) is 5.56 Å². The molecule has 1 aliphatic rings. The lowest BCUT2D eigenvalue weighted by Gasteiger charge is -2.26. The second kappa shape index (κ2) is 10.1. The molecule has 2 aromatic carbocycles. The van der Waals surface area contributed by atoms with E-state index in [2.05, 4.69) is 34.5 Å². The van der Waals surface area contributed by atoms with E-state index in [1.54, 1.807) is 12.1 Å². The van der Waals surface area contributed by atoms with E-state index in [0.717, 1.165) is 44.0 Å². The molecule has 0 atom stereocenters. The average Bonchev–Trinajstić information content (AvgIpc) is 2.67. The number of nitrogens with one attached hydrogen (secondary N) is 1. The van der Waals surface area contributed by atoms with Gasteiger partial charge >= 0.3 is 0 Å². The third-order valence-corrected chi connectivity index (χ3v) is 5.25. The van der Waals surface area contributed by atoms with Gasteiger partial charge in [0, 0.05) is 42.6 Å². The molecule has 0 aliphatic carbocycles. The summed E-state index contributed by atoms with van der Waals surface area (Å²) in [6.45, 7) is 5.06. The summed E-state index contributed by atoms with van der Waals surface area (Å²) in [7, 11) is 0. The molecule has 27 heavy (non-hydrogen) atoms. The molecule has 4 nitrogen and oxygen atoms in total. The number of carbonyl (C=O) groups excluding carboxylic acids is 1. The zero-order valence-electron chi connectivity index (χ0n) is 15.2. The van der Waals surface area contributed by atoms with E-state index in [9.17, 15) is 4.79 Å². The molecule has 0 unspecified atom stereocenters. The first-order valence-corrected chi connectivity index (χ1v) is 9.94. The van der Waals surface area contributed by atoms with Crippen LogP contribution in [0.25, 0.3) is 0 Å². The molecule has 6 heteroatoms. The van der Waals surface area contributed by atoms with Crippen molar-refractivity contribution in [1.82, 2.24) is 10.2 Å². The Labute approximate surface area is 170 Å². The van der Waals surface area contributed by atoms with Crippen molar-refractivity contribution in [3.8, 4) is 0 Å². The van der Waals surface area contributed by atoms with Gasteiger partial charge in [-0.2, -0.15) is 0 Å². The number of morpholine rings is 1. The van der Waals surface area contributed by atoms with E-state index >= 15 is 0 Å². The SMILES string of the molecule is O=C(CCc1ccc(Cl)cc1Cl)NCc1ccc(CN2CCOCC2)cc1. The molecule has 1 saturated heterocycles. The largest absolute Gasteiger partial charge is 0.379 e. The van der Waals surface area contributed by atoms with E-state index in [0.29, 0.717) is 29.4 Å². The minimum atomic E-state index is 0.0124. The average molecular weight is 407 g/mol. The summed E-state index contributed by atoms with van der Waals surface area (Å²) in [4.78, 5) is 14.5. The predicted molar refractivity (Wildman–Crippen MR) is 109 cm³/mol. The molecular formula is C21H24Cl2N2O2. The van der Waals surface area contributed by atoms with Crippen LogP contribution in [0.1, 0.15) is 23.1 Å². The summed E-state index contributed by atoms with van der Waals surface area (Å²) in [6, 6.07) is 13.8. The molecular weight excluding hydrogens is 383 g/mol. The highest BCUT2D eigenvalue weighted by molar-refractivity contribution is 6.35. The summed E-state index contributed by atoms with van der Waals surface area (Å²) in [5.41, 5.74) is 3.31. The highest BCUT2D eigenvalue weighted by atomic mass is 35.5. The second-order valence-corrected chi connectivity index (χ2v) is 7.56. The van der Waals surface area contributed by atoms with Crippen LogP contribution >= 0.6 is 23.2 Å². The maximum Gasteiger partial charge on any atom is 0.220 e. The van der Waals surface area contributed by atoms with E-state index in [-0.39, 0.29) is 5.91 Å². The van der Waals surface area contributed by atoms with Gasteiger partial charge in [0.2, 0.25) is 5.91 Å². The number of halogens is 2. The van der Waals surface area contributed by atoms with Crippen LogP contribution in [0.5, 0.6) is 0 Å². The van der Waals surface area contributed by atoms with Gasteiger partial charge in [-0.3, -0.25) is 9.69 Å². The predicted octanol–water partition coefficient (Wildman–Crippen LogP) is 4.07. The molecule has 3 rings (SSSR count). The standard InChI is InChI=1S/C21H24Cl2N2O2/c22-19-7-5-18(20(23)13-19)6-8-21(26)24-14-16-1-3-17(4-2-16)15-25-9-11-27-12-10-25/h1-5,7,13H,6,8-12,14-15H2,(H,24,26). The molecule has 0 saturated carbocycles. The van der Waals surface area contributed by atoms with Crippen LogP contribution in [0.3, 0.4) is 0 Å². The zero-order chi connectivity index (χ0) is 19.1. The third kappa shape index (κ3) is 6.51. The highest BCUT2D eigenvalue weighted by Crippen LogP contribution is 2.22. The number of hydrogen-bond acceptors (Lipinski definition) is 3. The third-order valence-electron chi connectivity index (χ3n) is 4.66. The molecule has 0 radical (unpaired) electrons. The molecule has 1 aliphatic heterocycles. The quantitative estimate of drug-likeness (QED) is 0.752. The van der Waals surface area contributed by atoms with Gasteiger partial charge in [0.05, 0.1) is 13.2 Å². The van der Waals surface area contributed by atoms with E-state index in [1.807, 2.05) is 6.07 Å². The van der Waals surface area contributed by atoms with Crippen LogP contribution < -0.4 is 5.32 Å². The van der Waals surface area contributed by atoms with Crippen LogP contribution in [0.15, 0.2) is 42.5 Å². The second-order valence-electron chi connectivity index (χ2n) is 6.72. The van der Waals surface area contributed by atoms with Gasteiger partial charge in [-0.1, -0.05) is 53.5 Å². The fourth-order valence-electron chi connectivity index (χ4n) is 3.04. The fraction of sp³-hybridized carbons (Fsp3) is 0.381. The van der Waals surface area contributed by atoms with Gasteiger partial charge in [0.25, 0.3) is 0 Å². The Morgan fingerprint density at radius 1 is 1.04 bits per heavy atom. The van der Waals surface area contributed by atoms with Crippen LogP contribution in [-0.2, 0) is 29.0 Å². The number of carbonyl (C=O) groups is 1. The first kappa shape index (κ1) is 20.2. The van der Waals surface area contributed by atoms with Crippen molar-refractivity contribution < 1.29 is 9.53 Å². The Kier molecular flexibility index (Phi) is 7.53. The minimum Gasteiger partial charge on any atom is -0.379 e. The number of benzene rings is 2. The normalized spacial score (nSPS) is 14.9. The van der Waals surface area contributed by atoms with Crippen LogP contribution in [0.4, 0.5) is 0 Å². The van der Waals surface area contributed by atoms with Crippen LogP contribution in [0, 0.1) is 0 Å². The van der Waals surface area contributed by atoms with Crippen molar-refractivity contribution in [2.24, 2.45) is 0 Å². The van der Waals surface area contributed by atoms with Gasteiger partial charge in [0.15, 0.2) is 0 Å². The Morgan fingerprint density at radius 3 is 2.44 bits per heavy atom. The molecule has 2 aromatic rings. The van der Waals surface area contributed by atoms with Gasteiger partial charge < -0.3 is 10.1 Å². The van der Waals surface area contributed by atoms with Gasteiger partial charge in [-0.15, -0.1) is 0 Å². The summed E-state index contributed by atoms with van der Waals surface area (Å²) >= 11 is 12.0. The number of rotatable bonds is 7. The Balaban J connectivity index is 1.41. The van der Waals surface area contributed by atoms with Crippen molar-refractivity contribution in [1.29, 1.82) is 0 Å². The molecule has 0 bridgehead atoms. The molecule has 144 valence electrons. The monoisotopic (exact) mass is 406 g/mol. The van der Waals surface area contributed by atoms with Crippen LogP contribution in [0.2, 0.25) is 10.0 Å². The van der Waals surface area contributed by atoms with Crippen molar-refractivity contribution in [3.63, 3.8) is 0 Å². The fourth-order valence-corrected chi connectivity index (χ4v) is 3.54. The number of nitrogens with zero attached hydrogens (tertiary/aromatic N) is 1. The summed E-state index contributed by atoms with van der Waals surface area (Å²) in [6.07, 6.45) is 0.997. The first-order valence-electron chi connectivity index (χ1n) is 9.19. The maximum absolute atomic E-state index is 12.1. The van der Waals surface area contributed by atoms with Gasteiger partial charge in [-0.25, -0.2) is 0 Å². The van der Waals surface area contributed by atoms with Gasteiger partial charge in [0.1, 0.15) is 0 Å². The summed E-state index contributed by atoms with van der Waals surface area (Å²) in [5.74, 6) is 0.0124. The topological polar surface area (TPSA) is 41.6 Å². The van der Waals surface area contributed by atoms with Crippen molar-refractivity contribution in [2.75, 3.05) is 26.3 Å². The molecule has 1 N–H and O–H groups in total. The lowest BCUT2D eigenvalue weighted by Crippen LogP contribution is -2.35. The van der Waals surface area contributed by atoms with Crippen LogP contribution in [-0.4, -0.2) is 37.1 Å². The number of ether oxygens (including phenoxy) is 1. The minimum absolute atomic E-state index is 0.0124. The lowest BCUT2D eigenvalue weighted by molar-refractivity contribution is -0.121. The number of hydrogen-bond donors (Lipinski definition) is 1. The highest BCUT2D eigenvalue weighted by Gasteiger charge is 2.10. The zero-order valence-corrected chi connectivity index (χ0v) is 16.7. The molecule has 0 aromatic heterocycles. The summed E-state index contributed by atoms with van der Waals surface area (Å²) < 4.78 is 5.38. The van der Waals surface area contributed by atoms with Crippen molar-refractivity contribution in [2.45, 2.75) is 25.9 Å². The molecule has 1 amide bonds. The number of aryl methyl sites for hydroxylation is 1.